The van der Waals surface area contributed by atoms with Crippen molar-refractivity contribution in [1.29, 1.82) is 0 Å². The molecule has 1 aromatic rings. The quantitative estimate of drug-likeness (QED) is 0.837. The van der Waals surface area contributed by atoms with Crippen LogP contribution in [0.5, 0.6) is 0 Å². The predicted molar refractivity (Wildman–Crippen MR) is 67.5 cm³/mol. The summed E-state index contributed by atoms with van der Waals surface area (Å²) in [6, 6.07) is 2.87. The summed E-state index contributed by atoms with van der Waals surface area (Å²) >= 11 is 0. The van der Waals surface area contributed by atoms with Gasteiger partial charge in [-0.3, -0.25) is 4.79 Å². The number of aromatic nitrogens is 1. The van der Waals surface area contributed by atoms with Gasteiger partial charge in [-0.05, 0) is 29.9 Å². The molecule has 0 bridgehead atoms. The lowest BCUT2D eigenvalue weighted by atomic mass is 9.84. The molecule has 0 aliphatic heterocycles. The average molecular weight is 250 g/mol. The summed E-state index contributed by atoms with van der Waals surface area (Å²) in [6.45, 7) is 6.42. The first kappa shape index (κ1) is 13.0. The number of amides is 1. The van der Waals surface area contributed by atoms with Crippen molar-refractivity contribution in [3.05, 3.63) is 29.8 Å². The van der Waals surface area contributed by atoms with Crippen LogP contribution in [-0.4, -0.2) is 16.4 Å². The summed E-state index contributed by atoms with van der Waals surface area (Å²) in [5, 5.41) is 3.11. The fraction of sp³-hybridized carbons (Fsp3) is 0.571. The molecule has 18 heavy (non-hydrogen) atoms. The molecule has 0 spiro atoms. The lowest BCUT2D eigenvalue weighted by Crippen LogP contribution is -2.46. The van der Waals surface area contributed by atoms with E-state index in [9.17, 15) is 9.18 Å². The van der Waals surface area contributed by atoms with Crippen LogP contribution >= 0.6 is 0 Å². The van der Waals surface area contributed by atoms with Crippen LogP contribution in [0.3, 0.4) is 0 Å². The molecule has 1 aromatic heterocycles. The Morgan fingerprint density at radius 2 is 2.11 bits per heavy atom. The molecule has 0 radical (unpaired) electrons. The van der Waals surface area contributed by atoms with Crippen molar-refractivity contribution in [3.63, 3.8) is 0 Å². The van der Waals surface area contributed by atoms with Crippen LogP contribution in [-0.2, 0) is 11.2 Å². The second kappa shape index (κ2) is 4.34. The van der Waals surface area contributed by atoms with Gasteiger partial charge < -0.3 is 5.32 Å². The first-order valence-corrected chi connectivity index (χ1v) is 6.24. The van der Waals surface area contributed by atoms with Gasteiger partial charge in [-0.2, -0.15) is 4.39 Å². The topological polar surface area (TPSA) is 42.0 Å². The van der Waals surface area contributed by atoms with Gasteiger partial charge in [0.2, 0.25) is 11.9 Å². The summed E-state index contributed by atoms with van der Waals surface area (Å²) in [7, 11) is 0. The Labute approximate surface area is 107 Å². The van der Waals surface area contributed by atoms with Crippen molar-refractivity contribution in [2.75, 3.05) is 0 Å². The van der Waals surface area contributed by atoms with Crippen molar-refractivity contribution in [2.24, 2.45) is 5.41 Å². The second-order valence-electron chi connectivity index (χ2n) is 6.05. The molecule has 0 saturated heterocycles. The highest BCUT2D eigenvalue weighted by molar-refractivity contribution is 5.79. The second-order valence-corrected chi connectivity index (χ2v) is 6.05. The first-order valence-electron chi connectivity index (χ1n) is 6.24. The highest BCUT2D eigenvalue weighted by Crippen LogP contribution is 2.49. The van der Waals surface area contributed by atoms with E-state index in [2.05, 4.69) is 31.1 Å². The monoisotopic (exact) mass is 250 g/mol. The Bertz CT molecular complexity index is 444. The van der Waals surface area contributed by atoms with Crippen molar-refractivity contribution in [1.82, 2.24) is 10.3 Å². The van der Waals surface area contributed by atoms with Crippen molar-refractivity contribution < 1.29 is 9.18 Å². The van der Waals surface area contributed by atoms with Crippen molar-refractivity contribution in [2.45, 2.75) is 45.6 Å². The SMILES string of the molecule is CC(C)(C)C1(NC(=O)Cc2ccc(F)nc2)CC1. The zero-order valence-corrected chi connectivity index (χ0v) is 11.1. The van der Waals surface area contributed by atoms with E-state index in [1.807, 2.05) is 0 Å². The van der Waals surface area contributed by atoms with Crippen LogP contribution < -0.4 is 5.32 Å². The first-order chi connectivity index (χ1) is 8.32. The van der Waals surface area contributed by atoms with Crippen molar-refractivity contribution >= 4 is 5.91 Å². The largest absolute Gasteiger partial charge is 0.350 e. The number of carbonyl (C=O) groups excluding carboxylic acids is 1. The predicted octanol–water partition coefficient (Wildman–Crippen LogP) is 2.46. The van der Waals surface area contributed by atoms with Gasteiger partial charge >= 0.3 is 0 Å². The van der Waals surface area contributed by atoms with E-state index >= 15 is 0 Å². The smallest absolute Gasteiger partial charge is 0.224 e. The minimum Gasteiger partial charge on any atom is -0.350 e. The number of rotatable bonds is 3. The lowest BCUT2D eigenvalue weighted by molar-refractivity contribution is -0.122. The molecule has 1 N–H and O–H groups in total. The highest BCUT2D eigenvalue weighted by Gasteiger charge is 2.52. The molecule has 3 nitrogen and oxygen atoms in total. The number of halogens is 1. The number of nitrogens with zero attached hydrogens (tertiary/aromatic N) is 1. The molecule has 98 valence electrons. The molecule has 0 unspecified atom stereocenters. The Hall–Kier alpha value is -1.45. The summed E-state index contributed by atoms with van der Waals surface area (Å²) in [6.07, 6.45) is 3.73. The molecule has 1 amide bonds. The van der Waals surface area contributed by atoms with Gasteiger partial charge in [-0.15, -0.1) is 0 Å². The third-order valence-electron chi connectivity index (χ3n) is 3.72. The van der Waals surface area contributed by atoms with Gasteiger partial charge in [0.1, 0.15) is 0 Å². The Morgan fingerprint density at radius 1 is 1.44 bits per heavy atom. The van der Waals surface area contributed by atoms with Gasteiger partial charge in [0.05, 0.1) is 6.42 Å². The van der Waals surface area contributed by atoms with Crippen LogP contribution in [0.15, 0.2) is 18.3 Å². The number of hydrogen-bond donors (Lipinski definition) is 1. The van der Waals surface area contributed by atoms with Crippen LogP contribution in [0.4, 0.5) is 4.39 Å². The Kier molecular flexibility index (Phi) is 3.13. The molecule has 2 rings (SSSR count). The Balaban J connectivity index is 1.96. The molecule has 1 aliphatic carbocycles. The number of pyridine rings is 1. The summed E-state index contributed by atoms with van der Waals surface area (Å²) in [4.78, 5) is 15.5. The summed E-state index contributed by atoms with van der Waals surface area (Å²) < 4.78 is 12.6. The lowest BCUT2D eigenvalue weighted by Gasteiger charge is -2.31. The van der Waals surface area contributed by atoms with E-state index < -0.39 is 5.95 Å². The molecule has 0 atom stereocenters. The molecule has 1 saturated carbocycles. The van der Waals surface area contributed by atoms with Crippen LogP contribution in [0.25, 0.3) is 0 Å². The van der Waals surface area contributed by atoms with E-state index in [4.69, 9.17) is 0 Å². The average Bonchev–Trinajstić information content (AvgIpc) is 3.01. The van der Waals surface area contributed by atoms with E-state index in [0.717, 1.165) is 18.4 Å². The highest BCUT2D eigenvalue weighted by atomic mass is 19.1. The molecule has 1 heterocycles. The minimum atomic E-state index is -0.521. The molecular formula is C14H19FN2O. The maximum Gasteiger partial charge on any atom is 0.224 e. The maximum absolute atomic E-state index is 12.6. The van der Waals surface area contributed by atoms with Crippen LogP contribution in [0, 0.1) is 11.4 Å². The number of nitrogens with one attached hydrogen (secondary N) is 1. The third kappa shape index (κ3) is 2.68. The maximum atomic E-state index is 12.6. The van der Waals surface area contributed by atoms with Crippen LogP contribution in [0.1, 0.15) is 39.2 Å². The molecule has 1 aliphatic rings. The Morgan fingerprint density at radius 3 is 2.56 bits per heavy atom. The molecule has 0 aromatic carbocycles. The van der Waals surface area contributed by atoms with Gasteiger partial charge in [0, 0.05) is 11.7 Å². The zero-order chi connectivity index (χ0) is 13.4. The van der Waals surface area contributed by atoms with Crippen molar-refractivity contribution in [3.8, 4) is 0 Å². The normalized spacial score (nSPS) is 17.3. The van der Waals surface area contributed by atoms with E-state index in [-0.39, 0.29) is 23.3 Å². The molecular weight excluding hydrogens is 231 g/mol. The standard InChI is InChI=1S/C14H19FN2O/c1-13(2,3)14(6-7-14)17-12(18)8-10-4-5-11(15)16-9-10/h4-5,9H,6-8H2,1-3H3,(H,17,18). The summed E-state index contributed by atoms with van der Waals surface area (Å²) in [5.41, 5.74) is 0.750. The van der Waals surface area contributed by atoms with Gasteiger partial charge in [-0.1, -0.05) is 26.8 Å². The van der Waals surface area contributed by atoms with Gasteiger partial charge in [0.15, 0.2) is 0 Å². The number of hydrogen-bond acceptors (Lipinski definition) is 2. The fourth-order valence-electron chi connectivity index (χ4n) is 2.19. The molecule has 4 heteroatoms. The zero-order valence-electron chi connectivity index (χ0n) is 11.1. The number of carbonyl (C=O) groups is 1. The molecule has 1 fully saturated rings. The fourth-order valence-corrected chi connectivity index (χ4v) is 2.19. The van der Waals surface area contributed by atoms with Crippen LogP contribution in [0.2, 0.25) is 0 Å². The van der Waals surface area contributed by atoms with Gasteiger partial charge in [0.25, 0.3) is 0 Å². The van der Waals surface area contributed by atoms with E-state index in [0.29, 0.717) is 0 Å². The van der Waals surface area contributed by atoms with E-state index in [1.165, 1.54) is 12.3 Å². The minimum absolute atomic E-state index is 0.0177. The summed E-state index contributed by atoms with van der Waals surface area (Å²) in [5.74, 6) is -0.539. The van der Waals surface area contributed by atoms with Gasteiger partial charge in [-0.25, -0.2) is 4.98 Å². The third-order valence-corrected chi connectivity index (χ3v) is 3.72. The van der Waals surface area contributed by atoms with E-state index in [1.54, 1.807) is 6.07 Å².